The van der Waals surface area contributed by atoms with E-state index in [0.717, 1.165) is 10.6 Å². The number of thiazole rings is 1. The lowest BCUT2D eigenvalue weighted by Crippen LogP contribution is -2.34. The molecule has 0 saturated heterocycles. The van der Waals surface area contributed by atoms with Crippen LogP contribution < -0.4 is 14.8 Å². The van der Waals surface area contributed by atoms with E-state index in [2.05, 4.69) is 10.3 Å². The van der Waals surface area contributed by atoms with Crippen molar-refractivity contribution in [1.29, 1.82) is 0 Å². The van der Waals surface area contributed by atoms with E-state index in [0.29, 0.717) is 41.7 Å². The lowest BCUT2D eigenvalue weighted by atomic mass is 10.2. The molecule has 1 N–H and O–H groups in total. The molecule has 0 bridgehead atoms. The Labute approximate surface area is 148 Å². The monoisotopic (exact) mass is 381 g/mol. The van der Waals surface area contributed by atoms with Gasteiger partial charge in [0, 0.05) is 30.0 Å². The minimum absolute atomic E-state index is 0.149. The maximum atomic E-state index is 12.4. The van der Waals surface area contributed by atoms with Crippen LogP contribution in [0.25, 0.3) is 0 Å². The highest BCUT2D eigenvalue weighted by molar-refractivity contribution is 7.88. The van der Waals surface area contributed by atoms with Crippen LogP contribution in [0.1, 0.15) is 20.9 Å². The number of sulfonamides is 1. The van der Waals surface area contributed by atoms with Crippen LogP contribution in [0.4, 0.5) is 5.13 Å². The third kappa shape index (κ3) is 3.20. The first-order valence-electron chi connectivity index (χ1n) is 7.55. The Balaban J connectivity index is 1.51. The van der Waals surface area contributed by atoms with Crippen LogP contribution in [0, 0.1) is 0 Å². The van der Waals surface area contributed by atoms with Crippen molar-refractivity contribution < 1.29 is 22.7 Å². The summed E-state index contributed by atoms with van der Waals surface area (Å²) in [6, 6.07) is 4.96. The minimum atomic E-state index is -3.23. The average molecular weight is 381 g/mol. The third-order valence-corrected chi connectivity index (χ3v) is 6.27. The van der Waals surface area contributed by atoms with E-state index in [9.17, 15) is 13.2 Å². The zero-order chi connectivity index (χ0) is 17.6. The summed E-state index contributed by atoms with van der Waals surface area (Å²) in [7, 11) is -3.23. The summed E-state index contributed by atoms with van der Waals surface area (Å²) in [5, 5.41) is 3.23. The van der Waals surface area contributed by atoms with E-state index in [4.69, 9.17) is 9.47 Å². The minimum Gasteiger partial charge on any atom is -0.454 e. The van der Waals surface area contributed by atoms with Crippen LogP contribution in [-0.2, 0) is 23.0 Å². The summed E-state index contributed by atoms with van der Waals surface area (Å²) in [6.07, 6.45) is 1.74. The zero-order valence-electron chi connectivity index (χ0n) is 13.3. The number of anilines is 1. The molecule has 2 aliphatic rings. The van der Waals surface area contributed by atoms with E-state index in [1.165, 1.54) is 21.9 Å². The number of hydrogen-bond donors (Lipinski definition) is 1. The lowest BCUT2D eigenvalue weighted by molar-refractivity contribution is 0.102. The Morgan fingerprint density at radius 3 is 2.92 bits per heavy atom. The molecule has 4 rings (SSSR count). The third-order valence-electron chi connectivity index (χ3n) is 4.02. The highest BCUT2D eigenvalue weighted by Crippen LogP contribution is 2.33. The average Bonchev–Trinajstić information content (AvgIpc) is 3.18. The standard InChI is InChI=1S/C15H15N3O5S2/c1-25(20,21)18-5-4-10-13(7-18)24-15(16-10)17-14(19)9-2-3-11-12(6-9)23-8-22-11/h2-3,6H,4-5,7-8H2,1H3,(H,16,17,19). The Bertz CT molecular complexity index is 954. The molecule has 0 radical (unpaired) electrons. The molecule has 10 heteroatoms. The second-order valence-corrected chi connectivity index (χ2v) is 8.82. The zero-order valence-corrected chi connectivity index (χ0v) is 14.9. The van der Waals surface area contributed by atoms with Crippen LogP contribution in [-0.4, -0.2) is 43.2 Å². The molecule has 1 aromatic heterocycles. The fraction of sp³-hybridized carbons (Fsp3) is 0.333. The highest BCUT2D eigenvalue weighted by atomic mass is 32.2. The van der Waals surface area contributed by atoms with Crippen molar-refractivity contribution in [1.82, 2.24) is 9.29 Å². The van der Waals surface area contributed by atoms with Crippen LogP contribution >= 0.6 is 11.3 Å². The summed E-state index contributed by atoms with van der Waals surface area (Å²) in [5.74, 6) is 0.848. The SMILES string of the molecule is CS(=O)(=O)N1CCc2nc(NC(=O)c3ccc4c(c3)OCO4)sc2C1. The first-order chi connectivity index (χ1) is 11.9. The van der Waals surface area contributed by atoms with Crippen molar-refractivity contribution in [3.63, 3.8) is 0 Å². The summed E-state index contributed by atoms with van der Waals surface area (Å²) in [6.45, 7) is 0.854. The first kappa shape index (κ1) is 16.3. The predicted molar refractivity (Wildman–Crippen MR) is 91.6 cm³/mol. The molecular weight excluding hydrogens is 366 g/mol. The van der Waals surface area contributed by atoms with Gasteiger partial charge in [0.2, 0.25) is 16.8 Å². The topological polar surface area (TPSA) is 97.8 Å². The van der Waals surface area contributed by atoms with Crippen molar-refractivity contribution in [3.05, 3.63) is 34.3 Å². The lowest BCUT2D eigenvalue weighted by Gasteiger charge is -2.23. The van der Waals surface area contributed by atoms with Gasteiger partial charge in [-0.3, -0.25) is 10.1 Å². The molecule has 2 aliphatic heterocycles. The number of amides is 1. The maximum Gasteiger partial charge on any atom is 0.257 e. The van der Waals surface area contributed by atoms with Gasteiger partial charge < -0.3 is 9.47 Å². The quantitative estimate of drug-likeness (QED) is 0.864. The largest absolute Gasteiger partial charge is 0.454 e. The molecule has 0 spiro atoms. The van der Waals surface area contributed by atoms with Crippen molar-refractivity contribution in [2.24, 2.45) is 0 Å². The second-order valence-electron chi connectivity index (χ2n) is 5.76. The molecule has 1 aromatic carbocycles. The highest BCUT2D eigenvalue weighted by Gasteiger charge is 2.26. The molecule has 132 valence electrons. The molecule has 0 unspecified atom stereocenters. The van der Waals surface area contributed by atoms with Gasteiger partial charge in [0.05, 0.1) is 11.9 Å². The van der Waals surface area contributed by atoms with Gasteiger partial charge in [-0.15, -0.1) is 11.3 Å². The molecule has 25 heavy (non-hydrogen) atoms. The van der Waals surface area contributed by atoms with E-state index in [1.807, 2.05) is 0 Å². The van der Waals surface area contributed by atoms with Crippen LogP contribution in [0.2, 0.25) is 0 Å². The number of fused-ring (bicyclic) bond motifs is 2. The van der Waals surface area contributed by atoms with Gasteiger partial charge in [-0.2, -0.15) is 4.31 Å². The number of ether oxygens (including phenoxy) is 2. The van der Waals surface area contributed by atoms with E-state index >= 15 is 0 Å². The van der Waals surface area contributed by atoms with E-state index in [-0.39, 0.29) is 12.7 Å². The molecule has 3 heterocycles. The molecule has 0 saturated carbocycles. The Kier molecular flexibility index (Phi) is 3.89. The van der Waals surface area contributed by atoms with Crippen LogP contribution in [0.5, 0.6) is 11.5 Å². The Morgan fingerprint density at radius 1 is 1.32 bits per heavy atom. The molecule has 0 aliphatic carbocycles. The maximum absolute atomic E-state index is 12.4. The molecular formula is C15H15N3O5S2. The van der Waals surface area contributed by atoms with Gasteiger partial charge in [-0.25, -0.2) is 13.4 Å². The Hall–Kier alpha value is -2.17. The van der Waals surface area contributed by atoms with Crippen LogP contribution in [0.3, 0.4) is 0 Å². The number of carbonyl (C=O) groups excluding carboxylic acids is 1. The fourth-order valence-corrected chi connectivity index (χ4v) is 4.60. The number of benzene rings is 1. The Morgan fingerprint density at radius 2 is 2.12 bits per heavy atom. The predicted octanol–water partition coefficient (Wildman–Crippen LogP) is 1.44. The van der Waals surface area contributed by atoms with Gasteiger partial charge in [-0.1, -0.05) is 0 Å². The van der Waals surface area contributed by atoms with E-state index in [1.54, 1.807) is 18.2 Å². The molecule has 2 aromatic rings. The first-order valence-corrected chi connectivity index (χ1v) is 10.2. The fourth-order valence-electron chi connectivity index (χ4n) is 2.72. The number of carbonyl (C=O) groups is 1. The summed E-state index contributed by atoms with van der Waals surface area (Å²) < 4.78 is 35.3. The molecule has 0 fully saturated rings. The number of hydrogen-bond acceptors (Lipinski definition) is 7. The van der Waals surface area contributed by atoms with Gasteiger partial charge in [0.25, 0.3) is 5.91 Å². The molecule has 1 amide bonds. The van der Waals surface area contributed by atoms with Gasteiger partial charge in [-0.05, 0) is 18.2 Å². The number of nitrogens with one attached hydrogen (secondary N) is 1. The number of nitrogens with zero attached hydrogens (tertiary/aromatic N) is 2. The van der Waals surface area contributed by atoms with Crippen molar-refractivity contribution >= 4 is 32.4 Å². The van der Waals surface area contributed by atoms with Gasteiger partial charge >= 0.3 is 0 Å². The number of rotatable bonds is 3. The normalized spacial score (nSPS) is 16.5. The van der Waals surface area contributed by atoms with Gasteiger partial charge in [0.1, 0.15) is 0 Å². The van der Waals surface area contributed by atoms with Crippen molar-refractivity contribution in [3.8, 4) is 11.5 Å². The molecule has 8 nitrogen and oxygen atoms in total. The number of aromatic nitrogens is 1. The van der Waals surface area contributed by atoms with Crippen molar-refractivity contribution in [2.75, 3.05) is 24.9 Å². The smallest absolute Gasteiger partial charge is 0.257 e. The van der Waals surface area contributed by atoms with Crippen molar-refractivity contribution in [2.45, 2.75) is 13.0 Å². The summed E-state index contributed by atoms with van der Waals surface area (Å²) in [5.41, 5.74) is 1.28. The summed E-state index contributed by atoms with van der Waals surface area (Å²) in [4.78, 5) is 17.7. The second kappa shape index (κ2) is 5.97. The van der Waals surface area contributed by atoms with Crippen LogP contribution in [0.15, 0.2) is 18.2 Å². The summed E-state index contributed by atoms with van der Waals surface area (Å²) >= 11 is 1.30. The molecule has 0 atom stereocenters. The van der Waals surface area contributed by atoms with Gasteiger partial charge in [0.15, 0.2) is 16.6 Å². The van der Waals surface area contributed by atoms with E-state index < -0.39 is 10.0 Å².